The molecule has 0 radical (unpaired) electrons. The van der Waals surface area contributed by atoms with Gasteiger partial charge in [-0.15, -0.1) is 0 Å². The maximum atomic E-state index is 12.9. The van der Waals surface area contributed by atoms with Crippen molar-refractivity contribution in [2.75, 3.05) is 26.7 Å². The molecule has 0 atom stereocenters. The van der Waals surface area contributed by atoms with E-state index in [9.17, 15) is 14.4 Å². The molecule has 2 aromatic rings. The quantitative estimate of drug-likeness (QED) is 0.775. The molecule has 2 aliphatic rings. The molecule has 2 amide bonds. The summed E-state index contributed by atoms with van der Waals surface area (Å²) in [5.74, 6) is 0.858. The van der Waals surface area contributed by atoms with E-state index in [1.54, 1.807) is 31.2 Å². The largest absolute Gasteiger partial charge is 0.497 e. The Morgan fingerprint density at radius 1 is 1.07 bits per heavy atom. The first-order chi connectivity index (χ1) is 14.4. The van der Waals surface area contributed by atoms with Gasteiger partial charge in [0.05, 0.1) is 7.11 Å². The average Bonchev–Trinajstić information content (AvgIpc) is 3.05. The summed E-state index contributed by atoms with van der Waals surface area (Å²) >= 11 is 0. The Balaban J connectivity index is 1.39. The van der Waals surface area contributed by atoms with Gasteiger partial charge in [-0.25, -0.2) is 0 Å². The van der Waals surface area contributed by atoms with Gasteiger partial charge in [0.2, 0.25) is 5.91 Å². The number of methoxy groups -OCH3 is 1. The Kier molecular flexibility index (Phi) is 5.37. The summed E-state index contributed by atoms with van der Waals surface area (Å²) in [4.78, 5) is 41.1. The number of likely N-dealkylation sites (tertiary alicyclic amines) is 2. The summed E-state index contributed by atoms with van der Waals surface area (Å²) in [5, 5.41) is 0. The van der Waals surface area contributed by atoms with Gasteiger partial charge in [0.25, 0.3) is 11.5 Å². The van der Waals surface area contributed by atoms with Crippen LogP contribution in [0.15, 0.2) is 47.3 Å². The van der Waals surface area contributed by atoms with Crippen LogP contribution in [0.25, 0.3) is 0 Å². The van der Waals surface area contributed by atoms with Crippen LogP contribution in [-0.2, 0) is 18.4 Å². The van der Waals surface area contributed by atoms with E-state index in [4.69, 9.17) is 4.74 Å². The van der Waals surface area contributed by atoms with Gasteiger partial charge >= 0.3 is 0 Å². The van der Waals surface area contributed by atoms with Crippen LogP contribution in [0.2, 0.25) is 0 Å². The molecule has 0 unspecified atom stereocenters. The number of nitrogens with zero attached hydrogens (tertiary/aromatic N) is 3. The van der Waals surface area contributed by atoms with E-state index in [0.29, 0.717) is 31.7 Å². The molecule has 1 aromatic carbocycles. The van der Waals surface area contributed by atoms with E-state index in [1.165, 1.54) is 10.6 Å². The highest BCUT2D eigenvalue weighted by atomic mass is 16.5. The van der Waals surface area contributed by atoms with Crippen molar-refractivity contribution >= 4 is 11.8 Å². The molecule has 30 heavy (non-hydrogen) atoms. The van der Waals surface area contributed by atoms with Crippen LogP contribution in [0.3, 0.4) is 0 Å². The zero-order valence-corrected chi connectivity index (χ0v) is 17.5. The van der Waals surface area contributed by atoms with Gasteiger partial charge in [0.1, 0.15) is 11.4 Å². The lowest BCUT2D eigenvalue weighted by Crippen LogP contribution is -2.45. The Hall–Kier alpha value is -3.09. The van der Waals surface area contributed by atoms with Gasteiger partial charge in [-0.1, -0.05) is 18.2 Å². The van der Waals surface area contributed by atoms with Crippen molar-refractivity contribution in [1.82, 2.24) is 14.4 Å². The predicted octanol–water partition coefficient (Wildman–Crippen LogP) is 2.05. The molecule has 4 rings (SSSR count). The Labute approximate surface area is 175 Å². The normalized spacial score (nSPS) is 18.1. The number of rotatable bonds is 4. The van der Waals surface area contributed by atoms with Gasteiger partial charge in [-0.2, -0.15) is 0 Å². The van der Waals surface area contributed by atoms with Crippen LogP contribution in [0.5, 0.6) is 5.75 Å². The van der Waals surface area contributed by atoms with Gasteiger partial charge in [-0.3, -0.25) is 14.4 Å². The van der Waals surface area contributed by atoms with E-state index in [1.807, 2.05) is 29.2 Å². The summed E-state index contributed by atoms with van der Waals surface area (Å²) in [6.07, 6.45) is 2.13. The summed E-state index contributed by atoms with van der Waals surface area (Å²) in [6.45, 7) is 2.53. The lowest BCUT2D eigenvalue weighted by atomic mass is 9.77. The molecule has 2 fully saturated rings. The number of amides is 2. The number of hydrogen-bond donors (Lipinski definition) is 0. The number of carbonyl (C=O) groups is 2. The second-order valence-corrected chi connectivity index (χ2v) is 8.38. The average molecular weight is 409 g/mol. The Morgan fingerprint density at radius 3 is 2.43 bits per heavy atom. The van der Waals surface area contributed by atoms with Crippen molar-refractivity contribution in [3.8, 4) is 5.75 Å². The topological polar surface area (TPSA) is 71.8 Å². The fourth-order valence-corrected chi connectivity index (χ4v) is 4.54. The molecule has 1 aromatic heterocycles. The number of piperidine rings is 1. The van der Waals surface area contributed by atoms with Crippen LogP contribution in [0.4, 0.5) is 0 Å². The minimum absolute atomic E-state index is 0.0666. The highest BCUT2D eigenvalue weighted by molar-refractivity contribution is 5.92. The SMILES string of the molecule is COc1ccc(CN2CC3(CCN(C(=O)c4cccc(=O)n4C)CC3)CC2=O)cc1. The maximum Gasteiger partial charge on any atom is 0.270 e. The van der Waals surface area contributed by atoms with Crippen molar-refractivity contribution in [3.05, 3.63) is 64.1 Å². The molecular weight excluding hydrogens is 382 g/mol. The van der Waals surface area contributed by atoms with Gasteiger partial charge in [-0.05, 0) is 36.6 Å². The first-order valence-corrected chi connectivity index (χ1v) is 10.3. The molecular formula is C23H27N3O4. The second kappa shape index (κ2) is 7.97. The van der Waals surface area contributed by atoms with Crippen molar-refractivity contribution in [2.45, 2.75) is 25.8 Å². The minimum Gasteiger partial charge on any atom is -0.497 e. The molecule has 2 saturated heterocycles. The predicted molar refractivity (Wildman–Crippen MR) is 112 cm³/mol. The van der Waals surface area contributed by atoms with E-state index < -0.39 is 0 Å². The summed E-state index contributed by atoms with van der Waals surface area (Å²) < 4.78 is 6.59. The number of hydrogen-bond acceptors (Lipinski definition) is 4. The fourth-order valence-electron chi connectivity index (χ4n) is 4.54. The van der Waals surface area contributed by atoms with E-state index in [0.717, 1.165) is 30.7 Å². The highest BCUT2D eigenvalue weighted by Gasteiger charge is 2.45. The molecule has 0 saturated carbocycles. The molecule has 0 aliphatic carbocycles. The van der Waals surface area contributed by atoms with Gasteiger partial charge in [0.15, 0.2) is 0 Å². The molecule has 3 heterocycles. The van der Waals surface area contributed by atoms with Gasteiger partial charge in [0, 0.05) is 51.1 Å². The van der Waals surface area contributed by atoms with E-state index >= 15 is 0 Å². The number of ether oxygens (including phenoxy) is 1. The van der Waals surface area contributed by atoms with Crippen LogP contribution in [0.1, 0.15) is 35.3 Å². The van der Waals surface area contributed by atoms with Crippen LogP contribution in [0, 0.1) is 5.41 Å². The summed E-state index contributed by atoms with van der Waals surface area (Å²) in [6, 6.07) is 12.5. The van der Waals surface area contributed by atoms with Crippen LogP contribution in [-0.4, -0.2) is 52.9 Å². The lowest BCUT2D eigenvalue weighted by molar-refractivity contribution is -0.128. The van der Waals surface area contributed by atoms with Crippen LogP contribution >= 0.6 is 0 Å². The summed E-state index contributed by atoms with van der Waals surface area (Å²) in [5.41, 5.74) is 1.23. The standard InChI is InChI=1S/C23H27N3O4/c1-24-19(4-3-5-20(24)27)22(29)25-12-10-23(11-13-25)14-21(28)26(16-23)15-17-6-8-18(30-2)9-7-17/h3-9H,10-16H2,1-2H3. The molecule has 0 N–H and O–H groups in total. The summed E-state index contributed by atoms with van der Waals surface area (Å²) in [7, 11) is 3.25. The number of benzene rings is 1. The molecule has 0 bridgehead atoms. The first-order valence-electron chi connectivity index (χ1n) is 10.3. The fraction of sp³-hybridized carbons (Fsp3) is 0.435. The Bertz CT molecular complexity index is 1000. The molecule has 7 heteroatoms. The molecule has 158 valence electrons. The third-order valence-electron chi connectivity index (χ3n) is 6.45. The number of carbonyl (C=O) groups excluding carboxylic acids is 2. The highest BCUT2D eigenvalue weighted by Crippen LogP contribution is 2.41. The Morgan fingerprint density at radius 2 is 1.77 bits per heavy atom. The third kappa shape index (κ3) is 3.84. The molecule has 7 nitrogen and oxygen atoms in total. The third-order valence-corrected chi connectivity index (χ3v) is 6.45. The van der Waals surface area contributed by atoms with Crippen molar-refractivity contribution in [1.29, 1.82) is 0 Å². The number of aromatic nitrogens is 1. The smallest absolute Gasteiger partial charge is 0.270 e. The molecule has 2 aliphatic heterocycles. The maximum absolute atomic E-state index is 12.9. The van der Waals surface area contributed by atoms with E-state index in [2.05, 4.69) is 0 Å². The zero-order chi connectivity index (χ0) is 21.3. The lowest BCUT2D eigenvalue weighted by Gasteiger charge is -2.39. The molecule has 1 spiro atoms. The first kappa shape index (κ1) is 20.2. The monoisotopic (exact) mass is 409 g/mol. The number of pyridine rings is 1. The van der Waals surface area contributed by atoms with Crippen molar-refractivity contribution in [3.63, 3.8) is 0 Å². The van der Waals surface area contributed by atoms with Crippen LogP contribution < -0.4 is 10.3 Å². The second-order valence-electron chi connectivity index (χ2n) is 8.38. The van der Waals surface area contributed by atoms with Gasteiger partial charge < -0.3 is 19.1 Å². The zero-order valence-electron chi connectivity index (χ0n) is 17.5. The minimum atomic E-state index is -0.190. The van der Waals surface area contributed by atoms with Crippen molar-refractivity contribution < 1.29 is 14.3 Å². The van der Waals surface area contributed by atoms with E-state index in [-0.39, 0.29) is 22.8 Å². The van der Waals surface area contributed by atoms with Crippen molar-refractivity contribution in [2.24, 2.45) is 12.5 Å².